The summed E-state index contributed by atoms with van der Waals surface area (Å²) in [7, 11) is -4.18. The first-order valence-electron chi connectivity index (χ1n) is 14.1. The molecule has 0 aliphatic carbocycles. The summed E-state index contributed by atoms with van der Waals surface area (Å²) in [6, 6.07) is 34.7. The molecule has 3 heteroatoms. The van der Waals surface area contributed by atoms with Crippen molar-refractivity contribution in [2.45, 2.75) is 102 Å². The molecule has 1 saturated heterocycles. The van der Waals surface area contributed by atoms with Crippen LogP contribution in [-0.4, -0.2) is 16.4 Å². The van der Waals surface area contributed by atoms with Crippen LogP contribution in [0.1, 0.15) is 80.4 Å². The topological polar surface area (TPSA) is 9.23 Å². The largest absolute Gasteiger partial charge is 0.400 e. The molecular formula is C34H48OSi2. The minimum atomic E-state index is -2.66. The Morgan fingerprint density at radius 2 is 1.08 bits per heavy atom. The molecule has 198 valence electrons. The zero-order valence-electron chi connectivity index (χ0n) is 24.6. The maximum Gasteiger partial charge on any atom is 0.261 e. The van der Waals surface area contributed by atoms with Crippen LogP contribution in [0, 0.1) is 0 Å². The lowest BCUT2D eigenvalue weighted by Crippen LogP contribution is -2.66. The van der Waals surface area contributed by atoms with E-state index in [1.165, 1.54) is 22.0 Å². The quantitative estimate of drug-likeness (QED) is 0.278. The summed E-state index contributed by atoms with van der Waals surface area (Å²) in [6.07, 6.45) is 1.20. The third-order valence-corrected chi connectivity index (χ3v) is 22.0. The molecule has 2 atom stereocenters. The Morgan fingerprint density at radius 3 is 1.43 bits per heavy atom. The van der Waals surface area contributed by atoms with Gasteiger partial charge in [-0.25, -0.2) is 0 Å². The molecule has 0 N–H and O–H groups in total. The van der Waals surface area contributed by atoms with Crippen molar-refractivity contribution in [2.75, 3.05) is 0 Å². The number of rotatable bonds is 7. The smallest absolute Gasteiger partial charge is 0.261 e. The molecule has 4 rings (SSSR count). The van der Waals surface area contributed by atoms with E-state index in [4.69, 9.17) is 4.43 Å². The van der Waals surface area contributed by atoms with Gasteiger partial charge in [0.15, 0.2) is 0 Å². The SMILES string of the molecule is CC(C)(C)[Si](O[C@@H](C[C@@H]1C[Si]1(C(C)(C)C)C(C)(C)C)c1ccccc1)(c1ccccc1)c1ccccc1. The lowest BCUT2D eigenvalue weighted by Gasteiger charge is -2.46. The summed E-state index contributed by atoms with van der Waals surface area (Å²) in [5, 5.41) is 3.46. The second-order valence-electron chi connectivity index (χ2n) is 14.3. The van der Waals surface area contributed by atoms with Crippen molar-refractivity contribution in [2.24, 2.45) is 0 Å². The third-order valence-electron chi connectivity index (χ3n) is 9.19. The first kappa shape index (κ1) is 28.1. The second-order valence-corrected chi connectivity index (χ2v) is 24.7. The lowest BCUT2D eigenvalue weighted by molar-refractivity contribution is 0.182. The zero-order chi connectivity index (χ0) is 27.1. The summed E-state index contributed by atoms with van der Waals surface area (Å²) in [6.45, 7) is 22.2. The highest BCUT2D eigenvalue weighted by atomic mass is 28.4. The Bertz CT molecular complexity index is 1100. The standard InChI is InChI=1S/C34H48OSi2/c1-32(2,3)36(33(4,5)6)26-30(36)25-31(27-19-13-10-14-20-27)35-37(34(7,8)9,28-21-15-11-16-22-28)29-23-17-12-18-24-29/h10-24,30-31H,25-26H2,1-9H3/t30-,31+/m1/s1. The Kier molecular flexibility index (Phi) is 7.57. The molecule has 1 aliphatic rings. The van der Waals surface area contributed by atoms with Gasteiger partial charge in [0, 0.05) is 0 Å². The van der Waals surface area contributed by atoms with Gasteiger partial charge in [-0.15, -0.1) is 0 Å². The number of hydrogen-bond donors (Lipinski definition) is 0. The molecule has 0 bridgehead atoms. The van der Waals surface area contributed by atoms with Gasteiger partial charge in [-0.3, -0.25) is 0 Å². The van der Waals surface area contributed by atoms with Crippen molar-refractivity contribution in [3.63, 3.8) is 0 Å². The van der Waals surface area contributed by atoms with Gasteiger partial charge in [-0.2, -0.15) is 0 Å². The summed E-state index contributed by atoms with van der Waals surface area (Å²) in [4.78, 5) is 0. The van der Waals surface area contributed by atoms with E-state index in [9.17, 15) is 0 Å². The summed E-state index contributed by atoms with van der Waals surface area (Å²) < 4.78 is 7.79. The van der Waals surface area contributed by atoms with Crippen molar-refractivity contribution in [1.29, 1.82) is 0 Å². The van der Waals surface area contributed by atoms with Crippen LogP contribution in [0.25, 0.3) is 0 Å². The van der Waals surface area contributed by atoms with Gasteiger partial charge in [-0.1, -0.05) is 159 Å². The van der Waals surface area contributed by atoms with E-state index in [0.717, 1.165) is 12.0 Å². The molecule has 3 aromatic rings. The molecule has 37 heavy (non-hydrogen) atoms. The molecule has 0 unspecified atom stereocenters. The Labute approximate surface area is 228 Å². The molecule has 0 amide bonds. The van der Waals surface area contributed by atoms with Crippen LogP contribution in [-0.2, 0) is 4.43 Å². The summed E-state index contributed by atoms with van der Waals surface area (Å²) in [5.74, 6) is 0. The fourth-order valence-corrected chi connectivity index (χ4v) is 20.3. The minimum absolute atomic E-state index is 0.0329. The van der Waals surface area contributed by atoms with Crippen molar-refractivity contribution >= 4 is 26.8 Å². The third kappa shape index (κ3) is 5.07. The average Bonchev–Trinajstić information content (AvgIpc) is 3.59. The van der Waals surface area contributed by atoms with Crippen molar-refractivity contribution in [3.05, 3.63) is 96.6 Å². The highest BCUT2D eigenvalue weighted by molar-refractivity contribution is 6.99. The number of hydrogen-bond acceptors (Lipinski definition) is 1. The van der Waals surface area contributed by atoms with E-state index in [2.05, 4.69) is 153 Å². The zero-order valence-corrected chi connectivity index (χ0v) is 26.6. The second kappa shape index (κ2) is 9.98. The molecular weight excluding hydrogens is 481 g/mol. The fraction of sp³-hybridized carbons (Fsp3) is 0.471. The van der Waals surface area contributed by atoms with E-state index >= 15 is 0 Å². The molecule has 0 saturated carbocycles. The highest BCUT2D eigenvalue weighted by Gasteiger charge is 2.68. The van der Waals surface area contributed by atoms with Crippen LogP contribution < -0.4 is 10.4 Å². The van der Waals surface area contributed by atoms with Crippen LogP contribution >= 0.6 is 0 Å². The Morgan fingerprint density at radius 1 is 0.676 bits per heavy atom. The van der Waals surface area contributed by atoms with Crippen LogP contribution in [0.5, 0.6) is 0 Å². The number of benzene rings is 3. The molecule has 1 aliphatic heterocycles. The first-order valence-corrected chi connectivity index (χ1v) is 18.3. The summed E-state index contributed by atoms with van der Waals surface area (Å²) in [5.41, 5.74) is 2.10. The maximum absolute atomic E-state index is 7.79. The maximum atomic E-state index is 7.79. The Balaban J connectivity index is 1.85. The molecule has 0 aromatic heterocycles. The molecule has 3 aromatic carbocycles. The molecule has 1 fully saturated rings. The monoisotopic (exact) mass is 528 g/mol. The van der Waals surface area contributed by atoms with Crippen molar-refractivity contribution in [3.8, 4) is 0 Å². The van der Waals surface area contributed by atoms with Crippen LogP contribution in [0.3, 0.4) is 0 Å². The van der Waals surface area contributed by atoms with E-state index in [1.807, 2.05) is 0 Å². The Hall–Kier alpha value is -1.95. The van der Waals surface area contributed by atoms with Crippen LogP contribution in [0.4, 0.5) is 0 Å². The predicted molar refractivity (Wildman–Crippen MR) is 166 cm³/mol. The lowest BCUT2D eigenvalue weighted by atomic mass is 10.1. The molecule has 1 nitrogen and oxygen atoms in total. The van der Waals surface area contributed by atoms with Gasteiger partial charge >= 0.3 is 0 Å². The predicted octanol–water partition coefficient (Wildman–Crippen LogP) is 9.13. The molecule has 0 spiro atoms. The van der Waals surface area contributed by atoms with Gasteiger partial charge in [0.05, 0.1) is 14.2 Å². The van der Waals surface area contributed by atoms with Gasteiger partial charge in [-0.05, 0) is 43.0 Å². The van der Waals surface area contributed by atoms with Gasteiger partial charge in [0.25, 0.3) is 8.32 Å². The normalized spacial score (nSPS) is 18.9. The van der Waals surface area contributed by atoms with Crippen molar-refractivity contribution in [1.82, 2.24) is 0 Å². The van der Waals surface area contributed by atoms with Crippen LogP contribution in [0.15, 0.2) is 91.0 Å². The highest BCUT2D eigenvalue weighted by Crippen LogP contribution is 2.73. The fourth-order valence-electron chi connectivity index (χ4n) is 7.66. The average molecular weight is 529 g/mol. The van der Waals surface area contributed by atoms with E-state index in [1.54, 1.807) is 0 Å². The van der Waals surface area contributed by atoms with Gasteiger partial charge < -0.3 is 4.43 Å². The minimum Gasteiger partial charge on any atom is -0.400 e. The first-order chi connectivity index (χ1) is 17.2. The van der Waals surface area contributed by atoms with Crippen LogP contribution in [0.2, 0.25) is 26.7 Å². The summed E-state index contributed by atoms with van der Waals surface area (Å²) >= 11 is 0. The van der Waals surface area contributed by atoms with E-state index in [-0.39, 0.29) is 11.1 Å². The van der Waals surface area contributed by atoms with Crippen molar-refractivity contribution < 1.29 is 4.43 Å². The van der Waals surface area contributed by atoms with Gasteiger partial charge in [0.1, 0.15) is 0 Å². The molecule has 1 heterocycles. The van der Waals surface area contributed by atoms with Gasteiger partial charge in [0.2, 0.25) is 0 Å². The molecule has 0 radical (unpaired) electrons. The van der Waals surface area contributed by atoms with E-state index < -0.39 is 16.4 Å². The van der Waals surface area contributed by atoms with E-state index in [0.29, 0.717) is 10.1 Å².